The molecule has 0 aliphatic carbocycles. The summed E-state index contributed by atoms with van der Waals surface area (Å²) < 4.78 is 0. The maximum Gasteiger partial charge on any atom is 0.326 e. The van der Waals surface area contributed by atoms with Gasteiger partial charge in [-0.2, -0.15) is 12.6 Å². The van der Waals surface area contributed by atoms with Crippen molar-refractivity contribution in [2.24, 2.45) is 11.7 Å². The van der Waals surface area contributed by atoms with Crippen molar-refractivity contribution >= 4 is 36.3 Å². The number of nitrogens with one attached hydrogen (secondary N) is 2. The van der Waals surface area contributed by atoms with Crippen LogP contribution in [0.15, 0.2) is 30.3 Å². The first-order valence-corrected chi connectivity index (χ1v) is 11.3. The van der Waals surface area contributed by atoms with Crippen LogP contribution in [0.4, 0.5) is 0 Å². The number of hydrogen-bond acceptors (Lipinski definition) is 6. The number of carbonyl (C=O) groups excluding carboxylic acids is 3. The van der Waals surface area contributed by atoms with E-state index < -0.39 is 42.0 Å². The Balaban J connectivity index is 2.02. The lowest BCUT2D eigenvalue weighted by Gasteiger charge is -2.29. The summed E-state index contributed by atoms with van der Waals surface area (Å²) in [5.41, 5.74) is 6.73. The molecule has 32 heavy (non-hydrogen) atoms. The standard InChI is InChI=1S/C22H32N4O5S/c1-13(2)18(23)21(29)26-10-6-9-17(26)20(28)25-16(12-32)19(27)24-15(22(30)31)11-14-7-4-3-5-8-14/h3-5,7-8,13,15-18,32H,6,9-12,23H2,1-2H3,(H,24,27)(H,25,28)(H,30,31). The molecule has 1 heterocycles. The molecule has 1 aromatic rings. The number of rotatable bonds is 10. The largest absolute Gasteiger partial charge is 0.480 e. The summed E-state index contributed by atoms with van der Waals surface area (Å²) in [6.07, 6.45) is 1.23. The van der Waals surface area contributed by atoms with Crippen LogP contribution in [0.5, 0.6) is 0 Å². The maximum atomic E-state index is 12.9. The van der Waals surface area contributed by atoms with Gasteiger partial charge in [-0.1, -0.05) is 44.2 Å². The van der Waals surface area contributed by atoms with Crippen LogP contribution in [-0.4, -0.2) is 70.2 Å². The minimum Gasteiger partial charge on any atom is -0.480 e. The number of thiol groups is 1. The van der Waals surface area contributed by atoms with Crippen molar-refractivity contribution in [1.29, 1.82) is 0 Å². The number of aliphatic carboxylic acids is 1. The van der Waals surface area contributed by atoms with Crippen LogP contribution in [0, 0.1) is 5.92 Å². The highest BCUT2D eigenvalue weighted by atomic mass is 32.1. The topological polar surface area (TPSA) is 142 Å². The fourth-order valence-electron chi connectivity index (χ4n) is 3.56. The summed E-state index contributed by atoms with van der Waals surface area (Å²) in [5.74, 6) is -2.69. The molecule has 4 unspecified atom stereocenters. The summed E-state index contributed by atoms with van der Waals surface area (Å²) in [6, 6.07) is 5.30. The molecule has 1 aliphatic heterocycles. The van der Waals surface area contributed by atoms with Gasteiger partial charge in [0.25, 0.3) is 0 Å². The first-order valence-electron chi connectivity index (χ1n) is 10.7. The second-order valence-electron chi connectivity index (χ2n) is 8.29. The van der Waals surface area contributed by atoms with Crippen molar-refractivity contribution in [3.05, 3.63) is 35.9 Å². The van der Waals surface area contributed by atoms with Gasteiger partial charge in [-0.3, -0.25) is 14.4 Å². The summed E-state index contributed by atoms with van der Waals surface area (Å²) in [6.45, 7) is 4.10. The van der Waals surface area contributed by atoms with E-state index in [0.29, 0.717) is 19.4 Å². The first kappa shape index (κ1) is 25.7. The fraction of sp³-hybridized carbons (Fsp3) is 0.545. The van der Waals surface area contributed by atoms with E-state index in [4.69, 9.17) is 5.73 Å². The van der Waals surface area contributed by atoms with Gasteiger partial charge in [0.15, 0.2) is 0 Å². The molecule has 10 heteroatoms. The van der Waals surface area contributed by atoms with E-state index in [1.807, 2.05) is 19.9 Å². The average Bonchev–Trinajstić information content (AvgIpc) is 3.26. The Hall–Kier alpha value is -2.59. The fourth-order valence-corrected chi connectivity index (χ4v) is 3.82. The highest BCUT2D eigenvalue weighted by Crippen LogP contribution is 2.20. The van der Waals surface area contributed by atoms with Gasteiger partial charge in [-0.25, -0.2) is 4.79 Å². The van der Waals surface area contributed by atoms with Crippen molar-refractivity contribution in [2.75, 3.05) is 12.3 Å². The summed E-state index contributed by atoms with van der Waals surface area (Å²) in [7, 11) is 0. The maximum absolute atomic E-state index is 12.9. The highest BCUT2D eigenvalue weighted by Gasteiger charge is 2.38. The Labute approximate surface area is 193 Å². The predicted octanol–water partition coefficient (Wildman–Crippen LogP) is 0.187. The summed E-state index contributed by atoms with van der Waals surface area (Å²) >= 11 is 4.14. The van der Waals surface area contributed by atoms with Crippen molar-refractivity contribution in [1.82, 2.24) is 15.5 Å². The van der Waals surface area contributed by atoms with Gasteiger partial charge in [0.2, 0.25) is 17.7 Å². The monoisotopic (exact) mass is 464 g/mol. The van der Waals surface area contributed by atoms with E-state index in [0.717, 1.165) is 5.56 Å². The number of nitrogens with zero attached hydrogens (tertiary/aromatic N) is 1. The molecule has 1 saturated heterocycles. The molecule has 4 atom stereocenters. The molecular formula is C22H32N4O5S. The van der Waals surface area contributed by atoms with Gasteiger partial charge >= 0.3 is 5.97 Å². The normalized spacial score (nSPS) is 18.7. The minimum atomic E-state index is -1.18. The van der Waals surface area contributed by atoms with Gasteiger partial charge in [-0.15, -0.1) is 0 Å². The van der Waals surface area contributed by atoms with Crippen molar-refractivity contribution < 1.29 is 24.3 Å². The predicted molar refractivity (Wildman–Crippen MR) is 123 cm³/mol. The second-order valence-corrected chi connectivity index (χ2v) is 8.66. The van der Waals surface area contributed by atoms with Gasteiger partial charge in [-0.05, 0) is 24.3 Å². The van der Waals surface area contributed by atoms with E-state index in [1.54, 1.807) is 24.3 Å². The Bertz CT molecular complexity index is 820. The van der Waals surface area contributed by atoms with E-state index in [-0.39, 0.29) is 24.0 Å². The van der Waals surface area contributed by atoms with Crippen LogP contribution in [0.25, 0.3) is 0 Å². The molecule has 9 nitrogen and oxygen atoms in total. The quantitative estimate of drug-likeness (QED) is 0.313. The van der Waals surface area contributed by atoms with Gasteiger partial charge in [0.1, 0.15) is 18.1 Å². The number of benzene rings is 1. The number of likely N-dealkylation sites (tertiary alicyclic amines) is 1. The van der Waals surface area contributed by atoms with E-state index in [2.05, 4.69) is 23.3 Å². The SMILES string of the molecule is CC(C)C(N)C(=O)N1CCCC1C(=O)NC(CS)C(=O)NC(Cc1ccccc1)C(=O)O. The van der Waals surface area contributed by atoms with Crippen molar-refractivity contribution in [2.45, 2.75) is 57.3 Å². The van der Waals surface area contributed by atoms with E-state index in [9.17, 15) is 24.3 Å². The molecule has 2 rings (SSSR count). The van der Waals surface area contributed by atoms with E-state index >= 15 is 0 Å². The molecule has 0 bridgehead atoms. The molecule has 1 aromatic carbocycles. The van der Waals surface area contributed by atoms with Crippen molar-refractivity contribution in [3.8, 4) is 0 Å². The van der Waals surface area contributed by atoms with Crippen molar-refractivity contribution in [3.63, 3.8) is 0 Å². The first-order chi connectivity index (χ1) is 15.1. The highest BCUT2D eigenvalue weighted by molar-refractivity contribution is 7.80. The third kappa shape index (κ3) is 6.70. The third-order valence-corrected chi connectivity index (χ3v) is 5.92. The second kappa shape index (κ2) is 11.9. The van der Waals surface area contributed by atoms with E-state index in [1.165, 1.54) is 4.90 Å². The van der Waals surface area contributed by atoms with Crippen LogP contribution < -0.4 is 16.4 Å². The minimum absolute atomic E-state index is 0.0264. The van der Waals surface area contributed by atoms with Crippen LogP contribution in [0.1, 0.15) is 32.3 Å². The Morgan fingerprint density at radius 3 is 2.38 bits per heavy atom. The molecule has 176 valence electrons. The third-order valence-electron chi connectivity index (χ3n) is 5.55. The molecular weight excluding hydrogens is 432 g/mol. The van der Waals surface area contributed by atoms with Gasteiger partial charge < -0.3 is 26.4 Å². The van der Waals surface area contributed by atoms with Gasteiger partial charge in [0.05, 0.1) is 6.04 Å². The number of carboxylic acids is 1. The molecule has 1 fully saturated rings. The summed E-state index contributed by atoms with van der Waals surface area (Å²) in [5, 5.41) is 14.6. The Morgan fingerprint density at radius 2 is 1.81 bits per heavy atom. The van der Waals surface area contributed by atoms with Gasteiger partial charge in [0, 0.05) is 18.7 Å². The zero-order valence-corrected chi connectivity index (χ0v) is 19.3. The van der Waals surface area contributed by atoms with Crippen LogP contribution in [-0.2, 0) is 25.6 Å². The lowest BCUT2D eigenvalue weighted by atomic mass is 10.0. The number of nitrogens with two attached hydrogens (primary N) is 1. The number of hydrogen-bond donors (Lipinski definition) is 5. The lowest BCUT2D eigenvalue weighted by Crippen LogP contribution is -2.57. The lowest BCUT2D eigenvalue weighted by molar-refractivity contribution is -0.143. The number of carboxylic acid groups (broad SMARTS) is 1. The molecule has 0 radical (unpaired) electrons. The summed E-state index contributed by atoms with van der Waals surface area (Å²) in [4.78, 5) is 51.3. The smallest absolute Gasteiger partial charge is 0.326 e. The molecule has 0 saturated carbocycles. The molecule has 0 spiro atoms. The molecule has 5 N–H and O–H groups in total. The zero-order valence-electron chi connectivity index (χ0n) is 18.4. The van der Waals surface area contributed by atoms with Crippen LogP contribution >= 0.6 is 12.6 Å². The molecule has 3 amide bonds. The number of amides is 3. The van der Waals surface area contributed by atoms with Crippen LogP contribution in [0.2, 0.25) is 0 Å². The molecule has 0 aromatic heterocycles. The Morgan fingerprint density at radius 1 is 1.16 bits per heavy atom. The zero-order chi connectivity index (χ0) is 23.8. The van der Waals surface area contributed by atoms with Crippen LogP contribution in [0.3, 0.4) is 0 Å². The average molecular weight is 465 g/mol. The molecule has 1 aliphatic rings. The number of carbonyl (C=O) groups is 4. The Kier molecular flexibility index (Phi) is 9.52.